The van der Waals surface area contributed by atoms with Crippen LogP contribution in [0, 0.1) is 5.92 Å². The number of hydrogen-bond donors (Lipinski definition) is 4. The van der Waals surface area contributed by atoms with Crippen LogP contribution in [0.3, 0.4) is 0 Å². The van der Waals surface area contributed by atoms with Gasteiger partial charge in [0.05, 0.1) is 38.3 Å². The van der Waals surface area contributed by atoms with E-state index in [4.69, 9.17) is 24.2 Å². The number of hydrogen-bond acceptors (Lipinski definition) is 12. The highest BCUT2D eigenvalue weighted by molar-refractivity contribution is 7.53. The maximum absolute atomic E-state index is 14.8. The number of aromatic nitrogens is 2. The maximum atomic E-state index is 14.8. The molecule has 13 nitrogen and oxygen atoms in total. The number of ether oxygens (including phenoxy) is 3. The molecule has 2 saturated carbocycles. The summed E-state index contributed by atoms with van der Waals surface area (Å²) in [6.07, 6.45) is 11.7. The molecule has 2 aliphatic heterocycles. The van der Waals surface area contributed by atoms with Gasteiger partial charge in [0.15, 0.2) is 5.13 Å². The van der Waals surface area contributed by atoms with Crippen LogP contribution in [-0.4, -0.2) is 86.9 Å². The van der Waals surface area contributed by atoms with Crippen LogP contribution in [0.4, 0.5) is 9.93 Å². The number of carbonyl (C=O) groups excluding carboxylic acids is 3. The van der Waals surface area contributed by atoms with E-state index in [1.807, 2.05) is 47.2 Å². The van der Waals surface area contributed by atoms with Gasteiger partial charge in [-0.05, 0) is 88.8 Å². The molecule has 8 rings (SSSR count). The van der Waals surface area contributed by atoms with Crippen LogP contribution in [0.2, 0.25) is 0 Å². The van der Waals surface area contributed by atoms with Crippen molar-refractivity contribution in [1.82, 2.24) is 25.5 Å². The SMILES string of the molecule is COc1ccc2c(O[C@@H]3C[C@H]4C(=O)N[C@]5(P(O)Cc6cccs6)C[C@H]5/C=C\CCCCC[C@H](NC(=O)OC5CCCC5)C(=O)N4C3)cc(-c3csc(NC(C)C)n3)nc2c1. The van der Waals surface area contributed by atoms with E-state index in [-0.39, 0.29) is 42.8 Å². The Morgan fingerprint density at radius 1 is 1.05 bits per heavy atom. The summed E-state index contributed by atoms with van der Waals surface area (Å²) in [5.41, 5.74) is 1.95. The summed E-state index contributed by atoms with van der Waals surface area (Å²) in [4.78, 5) is 67.1. The summed E-state index contributed by atoms with van der Waals surface area (Å²) < 4.78 is 18.2. The summed E-state index contributed by atoms with van der Waals surface area (Å²) >= 11 is 3.09. The normalized spacial score (nSPS) is 26.1. The standard InChI is InChI=1S/C44H55N6O7PS2/c1-27(2)45-42-47-37(26-60-42)36-22-39(33-18-17-30(55-3)20-35(33)46-36)56-31-21-38-40(51)49-44(58(54)25-32-15-11-19-59-32)23-28(44)12-7-5-4-6-8-16-34(41(52)50(38)24-31)48-43(53)57-29-13-9-10-14-29/h7,11-12,15,17-20,22,26-29,31,34,38,54H,4-6,8-10,13-14,16,21,23-25H2,1-3H3,(H,45,47)(H,48,53)(H,49,51)/b12-7-/t28-,31-,34+,38+,44+,58?/m1/s1. The van der Waals surface area contributed by atoms with Crippen molar-refractivity contribution in [3.05, 3.63) is 64.2 Å². The first-order chi connectivity index (χ1) is 29.1. The molecule has 4 aliphatic rings. The van der Waals surface area contributed by atoms with E-state index in [9.17, 15) is 19.3 Å². The lowest BCUT2D eigenvalue weighted by molar-refractivity contribution is -0.140. The zero-order chi connectivity index (χ0) is 41.8. The summed E-state index contributed by atoms with van der Waals surface area (Å²) in [6, 6.07) is 9.87. The molecule has 1 unspecified atom stereocenters. The molecule has 16 heteroatoms. The number of allylic oxidation sites excluding steroid dienone is 1. The van der Waals surface area contributed by atoms with E-state index in [1.165, 1.54) is 11.3 Å². The molecule has 320 valence electrons. The van der Waals surface area contributed by atoms with Crippen molar-refractivity contribution in [3.63, 3.8) is 0 Å². The smallest absolute Gasteiger partial charge is 0.408 e. The highest BCUT2D eigenvalue weighted by Gasteiger charge is 2.60. The molecule has 0 radical (unpaired) electrons. The highest BCUT2D eigenvalue weighted by Crippen LogP contribution is 2.66. The first-order valence-electron chi connectivity index (χ1n) is 21.2. The number of nitrogens with zero attached hydrogens (tertiary/aromatic N) is 3. The minimum atomic E-state index is -1.63. The van der Waals surface area contributed by atoms with Crippen molar-refractivity contribution in [2.45, 2.75) is 126 Å². The molecule has 4 N–H and O–H groups in total. The fourth-order valence-corrected chi connectivity index (χ4v) is 12.4. The molecule has 1 aromatic carbocycles. The molecular weight excluding hydrogens is 820 g/mol. The Morgan fingerprint density at radius 3 is 2.67 bits per heavy atom. The Labute approximate surface area is 360 Å². The Kier molecular flexibility index (Phi) is 13.3. The van der Waals surface area contributed by atoms with Crippen LogP contribution in [0.25, 0.3) is 22.3 Å². The van der Waals surface area contributed by atoms with Crippen molar-refractivity contribution >= 4 is 64.8 Å². The molecule has 0 bridgehead atoms. The summed E-state index contributed by atoms with van der Waals surface area (Å²) in [5.74, 6) is 0.487. The average molecular weight is 875 g/mol. The van der Waals surface area contributed by atoms with Crippen LogP contribution in [0.5, 0.6) is 11.5 Å². The number of methoxy groups -OCH3 is 1. The number of nitrogens with one attached hydrogen (secondary N) is 3. The fraction of sp³-hybridized carbons (Fsp3) is 0.523. The third-order valence-electron chi connectivity index (χ3n) is 11.9. The Bertz CT molecular complexity index is 2180. The number of benzene rings is 1. The predicted molar refractivity (Wildman–Crippen MR) is 237 cm³/mol. The van der Waals surface area contributed by atoms with Crippen molar-refractivity contribution in [3.8, 4) is 22.9 Å². The number of fused-ring (bicyclic) bond motifs is 3. The number of thiophene rings is 1. The molecule has 6 atom stereocenters. The molecule has 60 heavy (non-hydrogen) atoms. The maximum Gasteiger partial charge on any atom is 0.408 e. The quantitative estimate of drug-likeness (QED) is 0.0848. The zero-order valence-corrected chi connectivity index (χ0v) is 37.0. The topological polar surface area (TPSA) is 164 Å². The molecule has 0 spiro atoms. The highest BCUT2D eigenvalue weighted by atomic mass is 32.1. The lowest BCUT2D eigenvalue weighted by Crippen LogP contribution is -2.55. The van der Waals surface area contributed by atoms with E-state index in [0.29, 0.717) is 47.4 Å². The van der Waals surface area contributed by atoms with Gasteiger partial charge in [0, 0.05) is 52.3 Å². The second kappa shape index (κ2) is 18.8. The van der Waals surface area contributed by atoms with E-state index in [0.717, 1.165) is 66.8 Å². The first-order valence-corrected chi connectivity index (χ1v) is 24.5. The number of carbonyl (C=O) groups is 3. The number of anilines is 1. The minimum Gasteiger partial charge on any atom is -0.497 e. The number of amides is 3. The minimum absolute atomic E-state index is 0.0133. The van der Waals surface area contributed by atoms with Crippen molar-refractivity contribution in [2.24, 2.45) is 5.92 Å². The van der Waals surface area contributed by atoms with Crippen LogP contribution < -0.4 is 25.4 Å². The monoisotopic (exact) mass is 874 g/mol. The van der Waals surface area contributed by atoms with Crippen LogP contribution >= 0.6 is 30.8 Å². The van der Waals surface area contributed by atoms with Gasteiger partial charge >= 0.3 is 6.09 Å². The molecule has 4 aromatic rings. The Hall–Kier alpha value is -4.30. The molecule has 3 amide bonds. The van der Waals surface area contributed by atoms with Crippen LogP contribution in [0.15, 0.2) is 59.3 Å². The van der Waals surface area contributed by atoms with Crippen LogP contribution in [0.1, 0.15) is 89.4 Å². The molecule has 5 heterocycles. The molecule has 2 aliphatic carbocycles. The molecule has 1 saturated heterocycles. The summed E-state index contributed by atoms with van der Waals surface area (Å²) in [6.45, 7) is 4.23. The van der Waals surface area contributed by atoms with Gasteiger partial charge in [-0.1, -0.05) is 31.1 Å². The number of pyridine rings is 1. The van der Waals surface area contributed by atoms with Crippen molar-refractivity contribution in [1.29, 1.82) is 0 Å². The van der Waals surface area contributed by atoms with Gasteiger partial charge in [0.25, 0.3) is 0 Å². The molecule has 3 fully saturated rings. The number of alkyl carbamates (subject to hydrolysis) is 1. The summed E-state index contributed by atoms with van der Waals surface area (Å²) in [7, 11) is -0.0261. The van der Waals surface area contributed by atoms with E-state index in [1.54, 1.807) is 23.3 Å². The van der Waals surface area contributed by atoms with Gasteiger partial charge in [-0.3, -0.25) is 9.59 Å². The van der Waals surface area contributed by atoms with Gasteiger partial charge < -0.3 is 40.0 Å². The lowest BCUT2D eigenvalue weighted by atomic mass is 10.0. The third kappa shape index (κ3) is 9.75. The van der Waals surface area contributed by atoms with E-state index >= 15 is 0 Å². The van der Waals surface area contributed by atoms with Gasteiger partial charge in [-0.15, -0.1) is 22.7 Å². The van der Waals surface area contributed by atoms with Gasteiger partial charge in [-0.2, -0.15) is 0 Å². The second-order valence-electron chi connectivity index (χ2n) is 16.6. The third-order valence-corrected chi connectivity index (χ3v) is 15.9. The summed E-state index contributed by atoms with van der Waals surface area (Å²) in [5, 5.41) is 14.3. The average Bonchev–Trinajstić information content (AvgIpc) is 3.88. The largest absolute Gasteiger partial charge is 0.497 e. The van der Waals surface area contributed by atoms with Crippen LogP contribution in [-0.2, 0) is 20.5 Å². The molecular formula is C44H55N6O7PS2. The Morgan fingerprint density at radius 2 is 1.88 bits per heavy atom. The van der Waals surface area contributed by atoms with Gasteiger partial charge in [0.2, 0.25) is 11.8 Å². The van der Waals surface area contributed by atoms with Crippen molar-refractivity contribution < 1.29 is 33.5 Å². The number of thiazole rings is 1. The van der Waals surface area contributed by atoms with E-state index < -0.39 is 37.7 Å². The Balaban J connectivity index is 1.11. The second-order valence-corrected chi connectivity index (χ2v) is 20.4. The first kappa shape index (κ1) is 42.4. The van der Waals surface area contributed by atoms with Gasteiger partial charge in [0.1, 0.15) is 41.5 Å². The van der Waals surface area contributed by atoms with Crippen molar-refractivity contribution in [2.75, 3.05) is 19.0 Å². The van der Waals surface area contributed by atoms with E-state index in [2.05, 4.69) is 41.9 Å². The lowest BCUT2D eigenvalue weighted by Gasteiger charge is -2.31. The fourth-order valence-electron chi connectivity index (χ4n) is 8.63. The van der Waals surface area contributed by atoms with Gasteiger partial charge in [-0.25, -0.2) is 14.8 Å². The zero-order valence-electron chi connectivity index (χ0n) is 34.4. The number of rotatable bonds is 11. The molecule has 3 aromatic heterocycles. The predicted octanol–water partition coefficient (Wildman–Crippen LogP) is 8.58.